The summed E-state index contributed by atoms with van der Waals surface area (Å²) in [4.78, 5) is 18.1. The zero-order chi connectivity index (χ0) is 14.7. The first-order valence-electron chi connectivity index (χ1n) is 7.52. The van der Waals surface area contributed by atoms with Gasteiger partial charge in [-0.2, -0.15) is 0 Å². The highest BCUT2D eigenvalue weighted by atomic mass is 16.3. The molecule has 0 radical (unpaired) electrons. The zero-order valence-corrected chi connectivity index (χ0v) is 12.3. The molecule has 1 atom stereocenters. The second-order valence-electron chi connectivity index (χ2n) is 5.73. The van der Waals surface area contributed by atoms with Gasteiger partial charge < -0.3 is 20.0 Å². The van der Waals surface area contributed by atoms with Gasteiger partial charge in [-0.3, -0.25) is 9.79 Å². The molecule has 1 amide bonds. The Morgan fingerprint density at radius 3 is 3.00 bits per heavy atom. The van der Waals surface area contributed by atoms with Crippen molar-refractivity contribution in [2.24, 2.45) is 10.9 Å². The first-order valence-corrected chi connectivity index (χ1v) is 7.52. The Kier molecular flexibility index (Phi) is 4.13. The Bertz CT molecular complexity index is 508. The predicted molar refractivity (Wildman–Crippen MR) is 79.8 cm³/mol. The van der Waals surface area contributed by atoms with Gasteiger partial charge in [-0.05, 0) is 25.0 Å². The van der Waals surface area contributed by atoms with Gasteiger partial charge in [0, 0.05) is 38.5 Å². The lowest BCUT2D eigenvalue weighted by atomic mass is 10.1. The lowest BCUT2D eigenvalue weighted by molar-refractivity contribution is -0.128. The molecule has 2 fully saturated rings. The molecule has 6 nitrogen and oxygen atoms in total. The molecule has 2 aliphatic rings. The van der Waals surface area contributed by atoms with Crippen molar-refractivity contribution in [2.75, 3.05) is 20.1 Å². The molecule has 1 unspecified atom stereocenters. The molecule has 1 aromatic rings. The van der Waals surface area contributed by atoms with Crippen molar-refractivity contribution in [3.8, 4) is 0 Å². The number of amides is 1. The quantitative estimate of drug-likeness (QED) is 0.626. The van der Waals surface area contributed by atoms with Gasteiger partial charge in [-0.15, -0.1) is 0 Å². The van der Waals surface area contributed by atoms with Gasteiger partial charge in [0.05, 0.1) is 12.8 Å². The molecule has 1 saturated heterocycles. The standard InChI is InChI=1S/C15H22N4O2/c1-16-15(18-9-13-3-2-6-21-13)17-8-11-7-14(20)19(10-11)12-4-5-12/h2-3,6,11-12H,4-5,7-10H2,1H3,(H2,16,17,18). The van der Waals surface area contributed by atoms with Crippen molar-refractivity contribution in [3.05, 3.63) is 24.2 Å². The molecule has 114 valence electrons. The maximum absolute atomic E-state index is 11.9. The van der Waals surface area contributed by atoms with Crippen LogP contribution in [0.4, 0.5) is 0 Å². The van der Waals surface area contributed by atoms with E-state index in [4.69, 9.17) is 4.42 Å². The third kappa shape index (κ3) is 3.56. The highest BCUT2D eigenvalue weighted by molar-refractivity contribution is 5.81. The lowest BCUT2D eigenvalue weighted by Crippen LogP contribution is -2.40. The van der Waals surface area contributed by atoms with Crippen molar-refractivity contribution < 1.29 is 9.21 Å². The number of aliphatic imine (C=N–C) groups is 1. The minimum absolute atomic E-state index is 0.308. The Morgan fingerprint density at radius 1 is 1.48 bits per heavy atom. The molecule has 1 aliphatic carbocycles. The molecule has 0 bridgehead atoms. The molecule has 1 aromatic heterocycles. The Hall–Kier alpha value is -1.98. The summed E-state index contributed by atoms with van der Waals surface area (Å²) in [6.45, 7) is 2.25. The number of hydrogen-bond acceptors (Lipinski definition) is 3. The van der Waals surface area contributed by atoms with E-state index < -0.39 is 0 Å². The van der Waals surface area contributed by atoms with Crippen LogP contribution in [0, 0.1) is 5.92 Å². The highest BCUT2D eigenvalue weighted by Gasteiger charge is 2.39. The highest BCUT2D eigenvalue weighted by Crippen LogP contribution is 2.32. The molecule has 21 heavy (non-hydrogen) atoms. The molecule has 2 N–H and O–H groups in total. The lowest BCUT2D eigenvalue weighted by Gasteiger charge is -2.17. The maximum atomic E-state index is 11.9. The third-order valence-corrected chi connectivity index (χ3v) is 4.02. The van der Waals surface area contributed by atoms with Crippen LogP contribution in [0.2, 0.25) is 0 Å². The fraction of sp³-hybridized carbons (Fsp3) is 0.600. The number of carbonyl (C=O) groups excluding carboxylic acids is 1. The summed E-state index contributed by atoms with van der Waals surface area (Å²) in [7, 11) is 1.74. The molecule has 0 spiro atoms. The Morgan fingerprint density at radius 2 is 2.33 bits per heavy atom. The van der Waals surface area contributed by atoms with Crippen LogP contribution in [0.15, 0.2) is 27.8 Å². The second-order valence-corrected chi connectivity index (χ2v) is 5.73. The van der Waals surface area contributed by atoms with E-state index >= 15 is 0 Å². The number of hydrogen-bond donors (Lipinski definition) is 2. The first-order chi connectivity index (χ1) is 10.3. The predicted octanol–water partition coefficient (Wildman–Crippen LogP) is 0.955. The molecular formula is C15H22N4O2. The molecule has 6 heteroatoms. The fourth-order valence-corrected chi connectivity index (χ4v) is 2.73. The van der Waals surface area contributed by atoms with Crippen LogP contribution in [-0.2, 0) is 11.3 Å². The minimum atomic E-state index is 0.308. The van der Waals surface area contributed by atoms with Crippen molar-refractivity contribution in [2.45, 2.75) is 31.8 Å². The summed E-state index contributed by atoms with van der Waals surface area (Å²) in [5, 5.41) is 6.49. The van der Waals surface area contributed by atoms with E-state index in [0.717, 1.165) is 24.8 Å². The van der Waals surface area contributed by atoms with E-state index in [2.05, 4.69) is 15.6 Å². The number of furan rings is 1. The fourth-order valence-electron chi connectivity index (χ4n) is 2.73. The van der Waals surface area contributed by atoms with E-state index in [-0.39, 0.29) is 0 Å². The summed E-state index contributed by atoms with van der Waals surface area (Å²) in [5.41, 5.74) is 0. The van der Waals surface area contributed by atoms with E-state index in [1.54, 1.807) is 13.3 Å². The normalized spacial score (nSPS) is 22.7. The number of rotatable bonds is 5. The average Bonchev–Trinajstić information content (AvgIpc) is 3.06. The van der Waals surface area contributed by atoms with Crippen molar-refractivity contribution >= 4 is 11.9 Å². The number of likely N-dealkylation sites (tertiary alicyclic amines) is 1. The van der Waals surface area contributed by atoms with E-state index in [9.17, 15) is 4.79 Å². The van der Waals surface area contributed by atoms with Crippen LogP contribution in [-0.4, -0.2) is 42.9 Å². The number of guanidine groups is 1. The number of carbonyl (C=O) groups is 1. The molecule has 2 heterocycles. The van der Waals surface area contributed by atoms with Crippen LogP contribution in [0.25, 0.3) is 0 Å². The molecule has 3 rings (SSSR count). The number of nitrogens with one attached hydrogen (secondary N) is 2. The monoisotopic (exact) mass is 290 g/mol. The van der Waals surface area contributed by atoms with Gasteiger partial charge in [0.1, 0.15) is 5.76 Å². The summed E-state index contributed by atoms with van der Waals surface area (Å²) < 4.78 is 5.27. The van der Waals surface area contributed by atoms with Gasteiger partial charge in [0.15, 0.2) is 5.96 Å². The summed E-state index contributed by atoms with van der Waals surface area (Å²) in [5.74, 6) is 2.29. The van der Waals surface area contributed by atoms with Gasteiger partial charge in [0.2, 0.25) is 5.91 Å². The van der Waals surface area contributed by atoms with Crippen LogP contribution in [0.5, 0.6) is 0 Å². The Labute approximate surface area is 124 Å². The molecule has 1 saturated carbocycles. The third-order valence-electron chi connectivity index (χ3n) is 4.02. The smallest absolute Gasteiger partial charge is 0.223 e. The average molecular weight is 290 g/mol. The summed E-state index contributed by atoms with van der Waals surface area (Å²) >= 11 is 0. The van der Waals surface area contributed by atoms with Crippen LogP contribution in [0.3, 0.4) is 0 Å². The van der Waals surface area contributed by atoms with Gasteiger partial charge in [0.25, 0.3) is 0 Å². The molecular weight excluding hydrogens is 268 g/mol. The van der Waals surface area contributed by atoms with E-state index in [1.165, 1.54) is 12.8 Å². The minimum Gasteiger partial charge on any atom is -0.467 e. The second kappa shape index (κ2) is 6.20. The van der Waals surface area contributed by atoms with Gasteiger partial charge in [-0.1, -0.05) is 0 Å². The van der Waals surface area contributed by atoms with Crippen molar-refractivity contribution in [1.82, 2.24) is 15.5 Å². The van der Waals surface area contributed by atoms with Crippen molar-refractivity contribution in [3.63, 3.8) is 0 Å². The summed E-state index contributed by atoms with van der Waals surface area (Å²) in [6.07, 6.45) is 4.67. The first kappa shape index (κ1) is 14.0. The number of nitrogens with zero attached hydrogens (tertiary/aromatic N) is 2. The summed E-state index contributed by atoms with van der Waals surface area (Å²) in [6, 6.07) is 4.31. The van der Waals surface area contributed by atoms with E-state index in [0.29, 0.717) is 30.8 Å². The largest absolute Gasteiger partial charge is 0.467 e. The van der Waals surface area contributed by atoms with Crippen LogP contribution < -0.4 is 10.6 Å². The van der Waals surface area contributed by atoms with Crippen molar-refractivity contribution in [1.29, 1.82) is 0 Å². The molecule has 1 aliphatic heterocycles. The topological polar surface area (TPSA) is 69.9 Å². The zero-order valence-electron chi connectivity index (χ0n) is 12.3. The van der Waals surface area contributed by atoms with Gasteiger partial charge >= 0.3 is 0 Å². The van der Waals surface area contributed by atoms with Crippen LogP contribution in [0.1, 0.15) is 25.0 Å². The van der Waals surface area contributed by atoms with Gasteiger partial charge in [-0.25, -0.2) is 0 Å². The molecule has 0 aromatic carbocycles. The SMILES string of the molecule is CN=C(NCc1ccco1)NCC1CC(=O)N(C2CC2)C1. The van der Waals surface area contributed by atoms with E-state index in [1.807, 2.05) is 17.0 Å². The van der Waals surface area contributed by atoms with Crippen LogP contribution >= 0.6 is 0 Å². The Balaban J connectivity index is 1.42. The maximum Gasteiger partial charge on any atom is 0.223 e.